The highest BCUT2D eigenvalue weighted by atomic mass is 16.3. The van der Waals surface area contributed by atoms with Crippen molar-refractivity contribution >= 4 is 5.91 Å². The number of nitrogens with zero attached hydrogens (tertiary/aromatic N) is 3. The number of likely N-dealkylation sites (tertiary alicyclic amines) is 1. The fraction of sp³-hybridized carbons (Fsp3) is 0.682. The molecule has 4 rings (SSSR count). The van der Waals surface area contributed by atoms with Crippen molar-refractivity contribution in [3.05, 3.63) is 35.9 Å². The Balaban J connectivity index is 1.43. The summed E-state index contributed by atoms with van der Waals surface area (Å²) in [6.07, 6.45) is 4.63. The molecule has 148 valence electrons. The lowest BCUT2D eigenvalue weighted by Gasteiger charge is -2.40. The van der Waals surface area contributed by atoms with Crippen molar-refractivity contribution in [2.75, 3.05) is 40.3 Å². The lowest BCUT2D eigenvalue weighted by Crippen LogP contribution is -2.52. The smallest absolute Gasteiger partial charge is 0.227 e. The zero-order valence-corrected chi connectivity index (χ0v) is 16.7. The fourth-order valence-electron chi connectivity index (χ4n) is 5.56. The van der Waals surface area contributed by atoms with Crippen molar-refractivity contribution in [3.8, 4) is 0 Å². The standard InChI is InChI=1S/C22H33N3O2/c1-23(2)16-22(27)10-13-24(14-11-22)21(26)18-15-20(17-7-4-3-5-8-17)25-12-6-9-19(18)25/h3-5,7-8,18-20,27H,6,9-16H2,1-2H3/t18-,19+,20-/m0/s1. The molecule has 5 nitrogen and oxygen atoms in total. The predicted octanol–water partition coefficient (Wildman–Crippen LogP) is 2.13. The Kier molecular flexibility index (Phi) is 5.28. The Morgan fingerprint density at radius 1 is 1.19 bits per heavy atom. The Bertz CT molecular complexity index is 655. The first-order valence-corrected chi connectivity index (χ1v) is 10.4. The van der Waals surface area contributed by atoms with Crippen LogP contribution in [-0.4, -0.2) is 77.6 Å². The minimum absolute atomic E-state index is 0.109. The molecule has 0 aromatic heterocycles. The SMILES string of the molecule is CN(C)CC1(O)CCN(C(=O)[C@H]2C[C@@H](c3ccccc3)N3CCC[C@H]23)CC1. The van der Waals surface area contributed by atoms with E-state index in [1.807, 2.05) is 23.9 Å². The van der Waals surface area contributed by atoms with E-state index in [9.17, 15) is 9.90 Å². The van der Waals surface area contributed by atoms with Gasteiger partial charge in [-0.2, -0.15) is 0 Å². The summed E-state index contributed by atoms with van der Waals surface area (Å²) in [6.45, 7) is 3.15. The average Bonchev–Trinajstić information content (AvgIpc) is 3.24. The van der Waals surface area contributed by atoms with Crippen LogP contribution in [0.3, 0.4) is 0 Å². The van der Waals surface area contributed by atoms with Crippen molar-refractivity contribution in [1.29, 1.82) is 0 Å². The summed E-state index contributed by atoms with van der Waals surface area (Å²) in [6, 6.07) is 11.4. The molecule has 27 heavy (non-hydrogen) atoms. The van der Waals surface area contributed by atoms with Crippen molar-refractivity contribution in [2.24, 2.45) is 5.92 Å². The minimum atomic E-state index is -0.651. The van der Waals surface area contributed by atoms with Gasteiger partial charge in [0, 0.05) is 31.7 Å². The molecule has 0 spiro atoms. The zero-order valence-electron chi connectivity index (χ0n) is 16.7. The van der Waals surface area contributed by atoms with Gasteiger partial charge in [-0.3, -0.25) is 9.69 Å². The van der Waals surface area contributed by atoms with E-state index in [-0.39, 0.29) is 5.92 Å². The van der Waals surface area contributed by atoms with Gasteiger partial charge in [-0.25, -0.2) is 0 Å². The van der Waals surface area contributed by atoms with Crippen LogP contribution in [0.2, 0.25) is 0 Å². The third-order valence-corrected chi connectivity index (χ3v) is 6.80. The average molecular weight is 372 g/mol. The Morgan fingerprint density at radius 2 is 1.89 bits per heavy atom. The molecule has 3 fully saturated rings. The Labute approximate surface area is 162 Å². The van der Waals surface area contributed by atoms with E-state index in [1.54, 1.807) is 0 Å². The van der Waals surface area contributed by atoms with E-state index < -0.39 is 5.60 Å². The maximum Gasteiger partial charge on any atom is 0.227 e. The summed E-state index contributed by atoms with van der Waals surface area (Å²) < 4.78 is 0. The number of benzene rings is 1. The topological polar surface area (TPSA) is 47.0 Å². The summed E-state index contributed by atoms with van der Waals surface area (Å²) in [5.74, 6) is 0.426. The van der Waals surface area contributed by atoms with Gasteiger partial charge in [0.25, 0.3) is 0 Å². The third kappa shape index (κ3) is 3.78. The predicted molar refractivity (Wildman–Crippen MR) is 106 cm³/mol. The van der Waals surface area contributed by atoms with Crippen LogP contribution in [0.5, 0.6) is 0 Å². The summed E-state index contributed by atoms with van der Waals surface area (Å²) in [7, 11) is 3.98. The molecule has 0 bridgehead atoms. The molecular formula is C22H33N3O2. The molecule has 0 aliphatic carbocycles. The number of hydrogen-bond acceptors (Lipinski definition) is 4. The van der Waals surface area contributed by atoms with Crippen molar-refractivity contribution in [1.82, 2.24) is 14.7 Å². The number of piperidine rings is 1. The molecule has 0 radical (unpaired) electrons. The van der Waals surface area contributed by atoms with Crippen molar-refractivity contribution in [2.45, 2.75) is 49.8 Å². The van der Waals surface area contributed by atoms with E-state index >= 15 is 0 Å². The number of fused-ring (bicyclic) bond motifs is 1. The molecule has 1 aromatic rings. The number of rotatable bonds is 4. The van der Waals surface area contributed by atoms with Gasteiger partial charge in [0.15, 0.2) is 0 Å². The summed E-state index contributed by atoms with van der Waals surface area (Å²) in [4.78, 5) is 20.0. The lowest BCUT2D eigenvalue weighted by atomic mass is 9.88. The second-order valence-corrected chi connectivity index (χ2v) is 9.00. The van der Waals surface area contributed by atoms with Crippen LogP contribution in [0, 0.1) is 5.92 Å². The first kappa shape index (κ1) is 18.9. The van der Waals surface area contributed by atoms with Crippen LogP contribution in [0.4, 0.5) is 0 Å². The lowest BCUT2D eigenvalue weighted by molar-refractivity contribution is -0.140. The molecule has 3 aliphatic rings. The fourth-order valence-corrected chi connectivity index (χ4v) is 5.56. The molecule has 3 aliphatic heterocycles. The molecule has 0 saturated carbocycles. The van der Waals surface area contributed by atoms with Gasteiger partial charge in [-0.05, 0) is 58.3 Å². The quantitative estimate of drug-likeness (QED) is 0.881. The molecule has 1 amide bonds. The van der Waals surface area contributed by atoms with Gasteiger partial charge in [-0.1, -0.05) is 30.3 Å². The second-order valence-electron chi connectivity index (χ2n) is 9.00. The number of carbonyl (C=O) groups excluding carboxylic acids is 1. The third-order valence-electron chi connectivity index (χ3n) is 6.80. The van der Waals surface area contributed by atoms with Gasteiger partial charge >= 0.3 is 0 Å². The number of likely N-dealkylation sites (N-methyl/N-ethyl adjacent to an activating group) is 1. The highest BCUT2D eigenvalue weighted by Crippen LogP contribution is 2.45. The zero-order chi connectivity index (χ0) is 19.0. The molecule has 1 N–H and O–H groups in total. The van der Waals surface area contributed by atoms with E-state index in [4.69, 9.17) is 0 Å². The Hall–Kier alpha value is -1.43. The second kappa shape index (κ2) is 7.53. The van der Waals surface area contributed by atoms with E-state index in [0.717, 1.165) is 19.4 Å². The molecule has 1 aromatic carbocycles. The molecule has 5 heteroatoms. The number of amides is 1. The number of carbonyl (C=O) groups is 1. The molecule has 3 heterocycles. The Morgan fingerprint density at radius 3 is 2.56 bits per heavy atom. The van der Waals surface area contributed by atoms with E-state index in [2.05, 4.69) is 35.2 Å². The van der Waals surface area contributed by atoms with Gasteiger partial charge in [0.05, 0.1) is 11.5 Å². The highest BCUT2D eigenvalue weighted by Gasteiger charge is 2.48. The summed E-state index contributed by atoms with van der Waals surface area (Å²) in [5, 5.41) is 10.8. The van der Waals surface area contributed by atoms with Crippen LogP contribution in [0.15, 0.2) is 30.3 Å². The molecule has 3 atom stereocenters. The van der Waals surface area contributed by atoms with Crippen LogP contribution in [-0.2, 0) is 4.79 Å². The van der Waals surface area contributed by atoms with Crippen LogP contribution in [0.25, 0.3) is 0 Å². The van der Waals surface area contributed by atoms with Crippen LogP contribution >= 0.6 is 0 Å². The highest BCUT2D eigenvalue weighted by molar-refractivity contribution is 5.80. The maximum atomic E-state index is 13.4. The van der Waals surface area contributed by atoms with Crippen LogP contribution in [0.1, 0.15) is 43.7 Å². The van der Waals surface area contributed by atoms with E-state index in [1.165, 1.54) is 12.0 Å². The minimum Gasteiger partial charge on any atom is -0.388 e. The van der Waals surface area contributed by atoms with Gasteiger partial charge in [-0.15, -0.1) is 0 Å². The normalized spacial score (nSPS) is 30.7. The maximum absolute atomic E-state index is 13.4. The summed E-state index contributed by atoms with van der Waals surface area (Å²) >= 11 is 0. The molecule has 3 saturated heterocycles. The van der Waals surface area contributed by atoms with Gasteiger partial charge in [0.2, 0.25) is 5.91 Å². The van der Waals surface area contributed by atoms with Crippen molar-refractivity contribution in [3.63, 3.8) is 0 Å². The largest absolute Gasteiger partial charge is 0.388 e. The number of aliphatic hydroxyl groups is 1. The van der Waals surface area contributed by atoms with Gasteiger partial charge < -0.3 is 14.9 Å². The first-order chi connectivity index (χ1) is 13.0. The monoisotopic (exact) mass is 371 g/mol. The molecular weight excluding hydrogens is 338 g/mol. The number of hydrogen-bond donors (Lipinski definition) is 1. The summed E-state index contributed by atoms with van der Waals surface area (Å²) in [5.41, 5.74) is 0.695. The van der Waals surface area contributed by atoms with Crippen LogP contribution < -0.4 is 0 Å². The molecule has 0 unspecified atom stereocenters. The first-order valence-electron chi connectivity index (χ1n) is 10.4. The van der Waals surface area contributed by atoms with Gasteiger partial charge in [0.1, 0.15) is 0 Å². The van der Waals surface area contributed by atoms with E-state index in [0.29, 0.717) is 50.5 Å². The van der Waals surface area contributed by atoms with Crippen molar-refractivity contribution < 1.29 is 9.90 Å².